The van der Waals surface area contributed by atoms with E-state index in [1.165, 1.54) is 0 Å². The summed E-state index contributed by atoms with van der Waals surface area (Å²) in [7, 11) is -12.1. The van der Waals surface area contributed by atoms with Crippen LogP contribution in [-0.4, -0.2) is 115 Å². The van der Waals surface area contributed by atoms with Crippen LogP contribution in [0.15, 0.2) is 0 Å². The van der Waals surface area contributed by atoms with Crippen LogP contribution in [0.2, 0.25) is 24.2 Å². The van der Waals surface area contributed by atoms with Gasteiger partial charge in [0.2, 0.25) is 0 Å². The van der Waals surface area contributed by atoms with Gasteiger partial charge in [-0.05, 0) is 69.2 Å². The standard InChI is InChI=1S/C26H62O12Si4/c1-11-27-39(28-12-2,29-13-3)23-21-37-41(33-17-7,34-18-8)25-26-42(35-19-9,36-20-10)38-22-24-40(30-14-4,31-15-5)32-16-6/h11-26H2,1-10H3. The van der Waals surface area contributed by atoms with Gasteiger partial charge in [0.05, 0.1) is 0 Å². The highest BCUT2D eigenvalue weighted by Crippen LogP contribution is 2.29. The van der Waals surface area contributed by atoms with E-state index >= 15 is 0 Å². The lowest BCUT2D eigenvalue weighted by molar-refractivity contribution is 0.0412. The zero-order valence-corrected chi connectivity index (χ0v) is 32.2. The average Bonchev–Trinajstić information content (AvgIpc) is 2.93. The van der Waals surface area contributed by atoms with Crippen molar-refractivity contribution in [1.29, 1.82) is 0 Å². The molecule has 0 spiro atoms. The molecule has 0 radical (unpaired) electrons. The summed E-state index contributed by atoms with van der Waals surface area (Å²) >= 11 is 0. The van der Waals surface area contributed by atoms with Gasteiger partial charge in [-0.1, -0.05) is 0 Å². The van der Waals surface area contributed by atoms with E-state index in [9.17, 15) is 0 Å². The molecular formula is C26H62O12Si4. The lowest BCUT2D eigenvalue weighted by Gasteiger charge is -2.35. The van der Waals surface area contributed by atoms with Gasteiger partial charge < -0.3 is 53.1 Å². The van der Waals surface area contributed by atoms with E-state index in [1.807, 2.05) is 69.2 Å². The Bertz CT molecular complexity index is 540. The SMILES string of the molecule is CCO[Si](CCO[Si](CC[Si](OCC)(OCC)OCC[Si](OCC)(OCC)OCC)(OCC)OCC)(OCC)OCC. The molecule has 0 atom stereocenters. The summed E-state index contributed by atoms with van der Waals surface area (Å²) < 4.78 is 74.1. The van der Waals surface area contributed by atoms with E-state index in [2.05, 4.69) is 0 Å². The van der Waals surface area contributed by atoms with Gasteiger partial charge in [-0.15, -0.1) is 0 Å². The van der Waals surface area contributed by atoms with E-state index in [0.717, 1.165) is 0 Å². The van der Waals surface area contributed by atoms with Crippen molar-refractivity contribution in [3.8, 4) is 0 Å². The van der Waals surface area contributed by atoms with Gasteiger partial charge >= 0.3 is 35.2 Å². The Balaban J connectivity index is 5.89. The Kier molecular flexibility index (Phi) is 24.8. The van der Waals surface area contributed by atoms with Gasteiger partial charge in [-0.25, -0.2) is 0 Å². The highest BCUT2D eigenvalue weighted by molar-refractivity contribution is 6.67. The van der Waals surface area contributed by atoms with Gasteiger partial charge in [-0.2, -0.15) is 0 Å². The van der Waals surface area contributed by atoms with Crippen molar-refractivity contribution < 1.29 is 53.1 Å². The summed E-state index contributed by atoms with van der Waals surface area (Å²) in [4.78, 5) is 0. The molecule has 12 nitrogen and oxygen atoms in total. The second-order valence-electron chi connectivity index (χ2n) is 8.76. The van der Waals surface area contributed by atoms with E-state index in [4.69, 9.17) is 53.1 Å². The molecule has 0 aliphatic carbocycles. The van der Waals surface area contributed by atoms with Gasteiger partial charge in [0.1, 0.15) is 0 Å². The highest BCUT2D eigenvalue weighted by Gasteiger charge is 2.51. The Morgan fingerprint density at radius 3 is 0.571 bits per heavy atom. The molecule has 0 heterocycles. The molecule has 16 heteroatoms. The van der Waals surface area contributed by atoms with Crippen LogP contribution in [0.4, 0.5) is 0 Å². The third-order valence-corrected chi connectivity index (χ3v) is 18.3. The normalized spacial score (nSPS) is 13.3. The zero-order chi connectivity index (χ0) is 31.8. The first-order chi connectivity index (χ1) is 20.2. The minimum absolute atomic E-state index is 0.322. The first kappa shape index (κ1) is 42.4. The second-order valence-corrected chi connectivity index (χ2v) is 19.7. The zero-order valence-electron chi connectivity index (χ0n) is 28.2. The van der Waals surface area contributed by atoms with Crippen LogP contribution in [0.3, 0.4) is 0 Å². The van der Waals surface area contributed by atoms with Gasteiger partial charge in [0, 0.05) is 103 Å². The van der Waals surface area contributed by atoms with Crippen LogP contribution in [-0.2, 0) is 53.1 Å². The molecule has 0 aromatic carbocycles. The molecule has 0 bridgehead atoms. The van der Waals surface area contributed by atoms with Crippen LogP contribution >= 0.6 is 0 Å². The molecule has 0 N–H and O–H groups in total. The molecule has 0 aliphatic heterocycles. The van der Waals surface area contributed by atoms with Gasteiger partial charge in [0.15, 0.2) is 0 Å². The molecule has 0 fully saturated rings. The predicted octanol–water partition coefficient (Wildman–Crippen LogP) is 5.14. The van der Waals surface area contributed by atoms with Crippen molar-refractivity contribution >= 4 is 35.2 Å². The topological polar surface area (TPSA) is 111 Å². The van der Waals surface area contributed by atoms with Gasteiger partial charge in [-0.3, -0.25) is 0 Å². The largest absolute Gasteiger partial charge is 0.503 e. The first-order valence-electron chi connectivity index (χ1n) is 15.9. The Morgan fingerprint density at radius 1 is 0.238 bits per heavy atom. The molecule has 42 heavy (non-hydrogen) atoms. The van der Waals surface area contributed by atoms with Crippen LogP contribution < -0.4 is 0 Å². The molecule has 0 saturated heterocycles. The molecule has 0 aromatic heterocycles. The molecule has 254 valence electrons. The third-order valence-electron chi connectivity index (χ3n) is 5.84. The maximum atomic E-state index is 6.50. The van der Waals surface area contributed by atoms with Crippen LogP contribution in [0.5, 0.6) is 0 Å². The molecule has 0 unspecified atom stereocenters. The lowest BCUT2D eigenvalue weighted by atomic mass is 10.9. The second kappa shape index (κ2) is 24.6. The number of rotatable bonds is 31. The van der Waals surface area contributed by atoms with Crippen LogP contribution in [0, 0.1) is 0 Å². The fourth-order valence-electron chi connectivity index (χ4n) is 4.53. The average molecular weight is 679 g/mol. The Hall–Kier alpha value is 0.388. The fourth-order valence-corrected chi connectivity index (χ4v) is 16.1. The maximum Gasteiger partial charge on any atom is 0.503 e. The van der Waals surface area contributed by atoms with E-state index < -0.39 is 35.2 Å². The minimum Gasteiger partial charge on any atom is -0.374 e. The van der Waals surface area contributed by atoms with Crippen molar-refractivity contribution in [1.82, 2.24) is 0 Å². The van der Waals surface area contributed by atoms with Crippen molar-refractivity contribution in [2.24, 2.45) is 0 Å². The summed E-state index contributed by atoms with van der Waals surface area (Å²) in [5.74, 6) is 0. The third kappa shape index (κ3) is 15.6. The minimum atomic E-state index is -3.16. The summed E-state index contributed by atoms with van der Waals surface area (Å²) in [6.45, 7) is 24.8. The van der Waals surface area contributed by atoms with E-state index in [0.29, 0.717) is 103 Å². The molecule has 0 rings (SSSR count). The smallest absolute Gasteiger partial charge is 0.374 e. The van der Waals surface area contributed by atoms with Crippen molar-refractivity contribution in [2.75, 3.05) is 79.3 Å². The van der Waals surface area contributed by atoms with Crippen LogP contribution in [0.25, 0.3) is 0 Å². The molecular weight excluding hydrogens is 617 g/mol. The number of hydrogen-bond donors (Lipinski definition) is 0. The lowest BCUT2D eigenvalue weighted by Crippen LogP contribution is -2.53. The predicted molar refractivity (Wildman–Crippen MR) is 170 cm³/mol. The first-order valence-corrected chi connectivity index (χ1v) is 23.6. The van der Waals surface area contributed by atoms with E-state index in [1.54, 1.807) is 0 Å². The van der Waals surface area contributed by atoms with Crippen LogP contribution in [0.1, 0.15) is 69.2 Å². The molecule has 0 amide bonds. The van der Waals surface area contributed by atoms with Crippen molar-refractivity contribution in [3.63, 3.8) is 0 Å². The molecule has 0 aromatic rings. The number of hydrogen-bond acceptors (Lipinski definition) is 12. The monoisotopic (exact) mass is 678 g/mol. The molecule has 0 aliphatic rings. The Labute approximate surface area is 260 Å². The van der Waals surface area contributed by atoms with Gasteiger partial charge in [0.25, 0.3) is 0 Å². The van der Waals surface area contributed by atoms with Crippen molar-refractivity contribution in [2.45, 2.75) is 93.4 Å². The fraction of sp³-hybridized carbons (Fsp3) is 1.00. The highest BCUT2D eigenvalue weighted by atomic mass is 28.4. The quantitative estimate of drug-likeness (QED) is 0.0906. The molecule has 0 saturated carbocycles. The van der Waals surface area contributed by atoms with E-state index in [-0.39, 0.29) is 0 Å². The summed E-state index contributed by atoms with van der Waals surface area (Å²) in [6, 6.07) is 1.93. The maximum absolute atomic E-state index is 6.50. The summed E-state index contributed by atoms with van der Waals surface area (Å²) in [6.07, 6.45) is 0. The van der Waals surface area contributed by atoms with Crippen molar-refractivity contribution in [3.05, 3.63) is 0 Å². The summed E-state index contributed by atoms with van der Waals surface area (Å²) in [5.41, 5.74) is 0. The summed E-state index contributed by atoms with van der Waals surface area (Å²) in [5, 5.41) is 0. The Morgan fingerprint density at radius 2 is 0.405 bits per heavy atom.